The number of rotatable bonds is 8. The monoisotopic (exact) mass is 328 g/mol. The molecule has 0 spiro atoms. The third kappa shape index (κ3) is 11.4. The molecule has 0 aromatic heterocycles. The molecule has 1 N–H and O–H groups in total. The van der Waals surface area contributed by atoms with Gasteiger partial charge in [-0.3, -0.25) is 0 Å². The summed E-state index contributed by atoms with van der Waals surface area (Å²) in [5, 5.41) is 3.53. The van der Waals surface area contributed by atoms with Crippen LogP contribution in [0.5, 0.6) is 0 Å². The van der Waals surface area contributed by atoms with Crippen LogP contribution in [-0.2, 0) is 4.74 Å². The molecule has 23 heavy (non-hydrogen) atoms. The van der Waals surface area contributed by atoms with Crippen LogP contribution >= 0.6 is 0 Å². The number of hydrogen-bond donors (Lipinski definition) is 1. The molecule has 0 aromatic rings. The molecule has 0 aliphatic carbocycles. The molecule has 1 amide bonds. The Hall–Kier alpha value is -0.770. The van der Waals surface area contributed by atoms with Crippen molar-refractivity contribution in [2.75, 3.05) is 13.1 Å². The lowest BCUT2D eigenvalue weighted by Gasteiger charge is -2.37. The minimum absolute atomic E-state index is 0.237. The Morgan fingerprint density at radius 1 is 1.04 bits per heavy atom. The summed E-state index contributed by atoms with van der Waals surface area (Å²) in [6.07, 6.45) is 3.47. The molecule has 0 saturated heterocycles. The average Bonchev–Trinajstić information content (AvgIpc) is 2.30. The van der Waals surface area contributed by atoms with E-state index in [9.17, 15) is 4.79 Å². The molecular weight excluding hydrogens is 288 g/mol. The summed E-state index contributed by atoms with van der Waals surface area (Å²) in [6, 6.07) is 0.481. The summed E-state index contributed by atoms with van der Waals surface area (Å²) >= 11 is 0. The van der Waals surface area contributed by atoms with Crippen LogP contribution in [0.1, 0.15) is 81.6 Å². The maximum absolute atomic E-state index is 12.4. The summed E-state index contributed by atoms with van der Waals surface area (Å²) in [4.78, 5) is 14.2. The Kier molecular flexibility index (Phi) is 9.19. The molecule has 0 rings (SSSR count). The van der Waals surface area contributed by atoms with E-state index in [-0.39, 0.29) is 11.6 Å². The minimum Gasteiger partial charge on any atom is -0.444 e. The number of carbonyl (C=O) groups excluding carboxylic acids is 1. The number of hydrogen-bond acceptors (Lipinski definition) is 3. The maximum Gasteiger partial charge on any atom is 0.410 e. The van der Waals surface area contributed by atoms with Gasteiger partial charge in [0.1, 0.15) is 5.60 Å². The fourth-order valence-electron chi connectivity index (χ4n) is 2.37. The van der Waals surface area contributed by atoms with Crippen LogP contribution in [0.25, 0.3) is 0 Å². The van der Waals surface area contributed by atoms with Crippen molar-refractivity contribution in [3.8, 4) is 0 Å². The molecular formula is C19H40N2O2. The molecule has 1 unspecified atom stereocenters. The van der Waals surface area contributed by atoms with E-state index in [2.05, 4.69) is 26.1 Å². The summed E-state index contributed by atoms with van der Waals surface area (Å²) in [7, 11) is 0. The van der Waals surface area contributed by atoms with Gasteiger partial charge >= 0.3 is 6.09 Å². The lowest BCUT2D eigenvalue weighted by atomic mass is 10.0. The van der Waals surface area contributed by atoms with Gasteiger partial charge in [-0.2, -0.15) is 0 Å². The molecule has 138 valence electrons. The highest BCUT2D eigenvalue weighted by molar-refractivity contribution is 5.69. The van der Waals surface area contributed by atoms with Crippen LogP contribution in [0.15, 0.2) is 0 Å². The van der Waals surface area contributed by atoms with Crippen molar-refractivity contribution in [1.29, 1.82) is 0 Å². The van der Waals surface area contributed by atoms with Crippen molar-refractivity contribution < 1.29 is 9.53 Å². The lowest BCUT2D eigenvalue weighted by molar-refractivity contribution is 0.00647. The Labute approximate surface area is 144 Å². The molecule has 0 radical (unpaired) electrons. The van der Waals surface area contributed by atoms with E-state index in [1.807, 2.05) is 46.4 Å². The van der Waals surface area contributed by atoms with Gasteiger partial charge in [-0.15, -0.1) is 0 Å². The van der Waals surface area contributed by atoms with Crippen molar-refractivity contribution in [3.63, 3.8) is 0 Å². The van der Waals surface area contributed by atoms with Gasteiger partial charge in [0.25, 0.3) is 0 Å². The van der Waals surface area contributed by atoms with Crippen molar-refractivity contribution in [1.82, 2.24) is 10.2 Å². The Bertz CT molecular complexity index is 340. The lowest BCUT2D eigenvalue weighted by Crippen LogP contribution is -2.50. The van der Waals surface area contributed by atoms with Crippen molar-refractivity contribution in [3.05, 3.63) is 0 Å². The number of nitrogens with one attached hydrogen (secondary N) is 1. The second kappa shape index (κ2) is 9.51. The molecule has 0 aliphatic heterocycles. The molecule has 0 bridgehead atoms. The zero-order valence-corrected chi connectivity index (χ0v) is 17.0. The number of ether oxygens (including phenoxy) is 1. The van der Waals surface area contributed by atoms with E-state index in [0.717, 1.165) is 12.5 Å². The van der Waals surface area contributed by atoms with Crippen LogP contribution in [0, 0.1) is 5.92 Å². The van der Waals surface area contributed by atoms with Gasteiger partial charge in [-0.25, -0.2) is 4.79 Å². The average molecular weight is 329 g/mol. The first-order chi connectivity index (χ1) is 10.3. The van der Waals surface area contributed by atoms with Crippen LogP contribution in [0.2, 0.25) is 0 Å². The van der Waals surface area contributed by atoms with Crippen molar-refractivity contribution in [2.45, 2.75) is 98.8 Å². The van der Waals surface area contributed by atoms with E-state index in [0.29, 0.717) is 12.6 Å². The summed E-state index contributed by atoms with van der Waals surface area (Å²) in [5.74, 6) is 0.769. The zero-order chi connectivity index (χ0) is 18.3. The summed E-state index contributed by atoms with van der Waals surface area (Å²) < 4.78 is 5.53. The summed E-state index contributed by atoms with van der Waals surface area (Å²) in [6.45, 7) is 20.0. The van der Waals surface area contributed by atoms with Crippen LogP contribution < -0.4 is 5.32 Å². The third-order valence-electron chi connectivity index (χ3n) is 3.67. The molecule has 0 saturated carbocycles. The zero-order valence-electron chi connectivity index (χ0n) is 17.0. The largest absolute Gasteiger partial charge is 0.444 e. The van der Waals surface area contributed by atoms with Crippen LogP contribution in [0.3, 0.4) is 0 Å². The molecule has 0 aromatic carbocycles. The number of nitrogens with zero attached hydrogens (tertiary/aromatic N) is 1. The van der Waals surface area contributed by atoms with Gasteiger partial charge in [0.15, 0.2) is 0 Å². The molecule has 1 atom stereocenters. The smallest absolute Gasteiger partial charge is 0.410 e. The van der Waals surface area contributed by atoms with Gasteiger partial charge in [-0.1, -0.05) is 26.7 Å². The van der Waals surface area contributed by atoms with Gasteiger partial charge < -0.3 is 15.0 Å². The molecule has 0 heterocycles. The summed E-state index contributed by atoms with van der Waals surface area (Å²) in [5.41, 5.74) is -0.705. The highest BCUT2D eigenvalue weighted by Crippen LogP contribution is 2.18. The second-order valence-corrected chi connectivity index (χ2v) is 8.98. The first kappa shape index (κ1) is 22.2. The van der Waals surface area contributed by atoms with Gasteiger partial charge in [-0.05, 0) is 60.8 Å². The number of carbonyl (C=O) groups is 1. The van der Waals surface area contributed by atoms with Gasteiger partial charge in [0.05, 0.1) is 0 Å². The molecule has 4 nitrogen and oxygen atoms in total. The van der Waals surface area contributed by atoms with E-state index in [1.165, 1.54) is 19.3 Å². The van der Waals surface area contributed by atoms with Crippen molar-refractivity contribution in [2.24, 2.45) is 5.92 Å². The van der Waals surface area contributed by atoms with E-state index in [1.54, 1.807) is 0 Å². The van der Waals surface area contributed by atoms with Gasteiger partial charge in [0.2, 0.25) is 0 Å². The predicted molar refractivity (Wildman–Crippen MR) is 98.8 cm³/mol. The van der Waals surface area contributed by atoms with Crippen molar-refractivity contribution >= 4 is 6.09 Å². The minimum atomic E-state index is -0.460. The third-order valence-corrected chi connectivity index (χ3v) is 3.67. The molecule has 4 heteroatoms. The predicted octanol–water partition coefficient (Wildman–Crippen LogP) is 4.83. The molecule has 0 fully saturated rings. The first-order valence-electron chi connectivity index (χ1n) is 9.07. The van der Waals surface area contributed by atoms with Crippen LogP contribution in [-0.4, -0.2) is 41.3 Å². The maximum atomic E-state index is 12.4. The quantitative estimate of drug-likeness (QED) is 0.694. The topological polar surface area (TPSA) is 41.6 Å². The van der Waals surface area contributed by atoms with Gasteiger partial charge in [0, 0.05) is 24.7 Å². The normalized spacial score (nSPS) is 14.0. The highest BCUT2D eigenvalue weighted by atomic mass is 16.6. The fourth-order valence-corrected chi connectivity index (χ4v) is 2.37. The SMILES string of the molecule is CC(C)CCCC(C)NCCN(C(=O)OC(C)(C)C)C(C)(C)C. The fraction of sp³-hybridized carbons (Fsp3) is 0.947. The Balaban J connectivity index is 4.34. The first-order valence-corrected chi connectivity index (χ1v) is 9.07. The highest BCUT2D eigenvalue weighted by Gasteiger charge is 2.30. The Morgan fingerprint density at radius 3 is 2.04 bits per heavy atom. The van der Waals surface area contributed by atoms with E-state index >= 15 is 0 Å². The second-order valence-electron chi connectivity index (χ2n) is 8.98. The standard InChI is InChI=1S/C19H40N2O2/c1-15(2)11-10-12-16(3)20-13-14-21(18(4,5)6)17(22)23-19(7,8)9/h15-16,20H,10-14H2,1-9H3. The van der Waals surface area contributed by atoms with Crippen LogP contribution in [0.4, 0.5) is 4.79 Å². The van der Waals surface area contributed by atoms with E-state index < -0.39 is 5.60 Å². The Morgan fingerprint density at radius 2 is 1.61 bits per heavy atom. The number of amides is 1. The van der Waals surface area contributed by atoms with E-state index in [4.69, 9.17) is 4.74 Å². The molecule has 0 aliphatic rings.